The molecule has 0 spiro atoms. The third kappa shape index (κ3) is 6.05. The molecule has 236 valence electrons. The zero-order valence-electron chi connectivity index (χ0n) is 29.0. The number of aromatic nitrogens is 1. The maximum absolute atomic E-state index is 14.3. The average Bonchev–Trinajstić information content (AvgIpc) is 2.92. The van der Waals surface area contributed by atoms with Gasteiger partial charge in [0.1, 0.15) is 0 Å². The first-order valence-corrected chi connectivity index (χ1v) is 16.8. The summed E-state index contributed by atoms with van der Waals surface area (Å²) in [4.78, 5) is 5.13. The number of hydrogen-bond donors (Lipinski definition) is 0. The van der Waals surface area contributed by atoms with Crippen molar-refractivity contribution in [2.24, 2.45) is 5.92 Å². The normalized spacial score (nSPS) is 17.1. The van der Waals surface area contributed by atoms with Crippen LogP contribution in [0.15, 0.2) is 42.5 Å². The number of aryl methyl sites for hydroxylation is 3. The van der Waals surface area contributed by atoms with Gasteiger partial charge in [0.05, 0.1) is 5.52 Å². The lowest BCUT2D eigenvalue weighted by molar-refractivity contribution is -0.0381. The fourth-order valence-corrected chi connectivity index (χ4v) is 7.85. The maximum Gasteiger partial charge on any atom is 0.248 e. The lowest BCUT2D eigenvalue weighted by Crippen LogP contribution is -2.25. The van der Waals surface area contributed by atoms with Crippen LogP contribution in [0.5, 0.6) is 0 Å². The minimum Gasteiger partial charge on any atom is -0.253 e. The van der Waals surface area contributed by atoms with E-state index in [1.54, 1.807) is 0 Å². The average molecular weight is 598 g/mol. The molecule has 4 aromatic rings. The van der Waals surface area contributed by atoms with Gasteiger partial charge in [-0.25, -0.2) is 8.78 Å². The van der Waals surface area contributed by atoms with Gasteiger partial charge in [0.2, 0.25) is 5.92 Å². The van der Waals surface area contributed by atoms with Crippen LogP contribution < -0.4 is 0 Å². The highest BCUT2D eigenvalue weighted by Gasteiger charge is 2.37. The van der Waals surface area contributed by atoms with E-state index >= 15 is 0 Å². The molecule has 1 aliphatic carbocycles. The number of benzene rings is 3. The first kappa shape index (κ1) is 32.6. The van der Waals surface area contributed by atoms with Crippen molar-refractivity contribution in [1.29, 1.82) is 0 Å². The fourth-order valence-electron chi connectivity index (χ4n) is 7.85. The molecule has 1 heterocycles. The number of rotatable bonds is 6. The maximum atomic E-state index is 14.3. The molecule has 1 nitrogen and oxygen atoms in total. The predicted octanol–water partition coefficient (Wildman–Crippen LogP) is 12.2. The number of halogens is 2. The molecule has 5 rings (SSSR count). The smallest absolute Gasteiger partial charge is 0.248 e. The minimum absolute atomic E-state index is 0.0115. The van der Waals surface area contributed by atoms with E-state index in [-0.39, 0.29) is 29.6 Å². The van der Waals surface area contributed by atoms with Crippen molar-refractivity contribution >= 4 is 21.7 Å². The van der Waals surface area contributed by atoms with E-state index in [1.165, 1.54) is 55.1 Å². The third-order valence-corrected chi connectivity index (χ3v) is 10.8. The molecule has 0 radical (unpaired) electrons. The lowest BCUT2D eigenvalue weighted by Gasteiger charge is -2.33. The fraction of sp³-hybridized carbons (Fsp3) is 0.537. The van der Waals surface area contributed by atoms with Crippen LogP contribution >= 0.6 is 0 Å². The second-order valence-electron chi connectivity index (χ2n) is 15.9. The largest absolute Gasteiger partial charge is 0.253 e. The van der Waals surface area contributed by atoms with E-state index in [0.29, 0.717) is 24.7 Å². The predicted molar refractivity (Wildman–Crippen MR) is 185 cm³/mol. The molecule has 0 amide bonds. The molecular weight excluding hydrogens is 544 g/mol. The van der Waals surface area contributed by atoms with Crippen LogP contribution in [-0.4, -0.2) is 10.9 Å². The van der Waals surface area contributed by atoms with E-state index < -0.39 is 5.92 Å². The molecule has 1 aromatic heterocycles. The van der Waals surface area contributed by atoms with Crippen molar-refractivity contribution in [2.75, 3.05) is 0 Å². The molecule has 1 unspecified atom stereocenters. The Morgan fingerprint density at radius 2 is 1.50 bits per heavy atom. The van der Waals surface area contributed by atoms with Gasteiger partial charge in [-0.15, -0.1) is 0 Å². The van der Waals surface area contributed by atoms with Crippen LogP contribution in [0, 0.1) is 26.7 Å². The topological polar surface area (TPSA) is 12.9 Å². The monoisotopic (exact) mass is 597 g/mol. The Hall–Kier alpha value is -2.81. The zero-order valence-corrected chi connectivity index (χ0v) is 29.0. The van der Waals surface area contributed by atoms with Crippen molar-refractivity contribution in [3.63, 3.8) is 0 Å². The van der Waals surface area contributed by atoms with Gasteiger partial charge in [0.15, 0.2) is 0 Å². The van der Waals surface area contributed by atoms with Crippen LogP contribution in [0.3, 0.4) is 0 Å². The molecule has 3 aromatic carbocycles. The van der Waals surface area contributed by atoms with Gasteiger partial charge in [-0.1, -0.05) is 91.8 Å². The number of alkyl halides is 2. The van der Waals surface area contributed by atoms with E-state index in [0.717, 1.165) is 17.6 Å². The summed E-state index contributed by atoms with van der Waals surface area (Å²) in [5.41, 5.74) is 11.3. The van der Waals surface area contributed by atoms with E-state index in [9.17, 15) is 8.78 Å². The molecule has 0 bridgehead atoms. The summed E-state index contributed by atoms with van der Waals surface area (Å²) in [5, 5.41) is 3.82. The van der Waals surface area contributed by atoms with Crippen molar-refractivity contribution in [3.05, 3.63) is 87.1 Å². The number of pyridine rings is 1. The molecule has 1 saturated carbocycles. The van der Waals surface area contributed by atoms with Gasteiger partial charge >= 0.3 is 0 Å². The first-order valence-electron chi connectivity index (χ1n) is 16.8. The van der Waals surface area contributed by atoms with Crippen LogP contribution in [-0.2, 0) is 17.3 Å². The Balaban J connectivity index is 1.72. The summed E-state index contributed by atoms with van der Waals surface area (Å²) < 4.78 is 28.5. The van der Waals surface area contributed by atoms with Crippen molar-refractivity contribution in [3.8, 4) is 0 Å². The van der Waals surface area contributed by atoms with E-state index in [4.69, 9.17) is 4.98 Å². The van der Waals surface area contributed by atoms with E-state index in [1.807, 2.05) is 0 Å². The molecule has 1 fully saturated rings. The van der Waals surface area contributed by atoms with Crippen molar-refractivity contribution in [2.45, 2.75) is 137 Å². The highest BCUT2D eigenvalue weighted by molar-refractivity contribution is 5.93. The van der Waals surface area contributed by atoms with Gasteiger partial charge in [0.25, 0.3) is 0 Å². The molecule has 3 heteroatoms. The van der Waals surface area contributed by atoms with Gasteiger partial charge < -0.3 is 0 Å². The highest BCUT2D eigenvalue weighted by atomic mass is 19.3. The van der Waals surface area contributed by atoms with Crippen LogP contribution in [0.4, 0.5) is 8.78 Å². The Labute approximate surface area is 264 Å². The molecule has 1 atom stereocenters. The third-order valence-electron chi connectivity index (χ3n) is 10.8. The summed E-state index contributed by atoms with van der Waals surface area (Å²) in [6, 6.07) is 15.9. The number of nitrogens with zero attached hydrogens (tertiary/aromatic N) is 1. The number of hydrogen-bond acceptors (Lipinski definition) is 1. The Bertz CT molecular complexity index is 1690. The zero-order chi connectivity index (χ0) is 32.4. The van der Waals surface area contributed by atoms with E-state index in [2.05, 4.69) is 119 Å². The summed E-state index contributed by atoms with van der Waals surface area (Å²) in [5.74, 6) is -1.49. The Morgan fingerprint density at radius 1 is 0.841 bits per heavy atom. The molecule has 0 N–H and O–H groups in total. The van der Waals surface area contributed by atoms with Crippen molar-refractivity contribution < 1.29 is 8.78 Å². The molecular formula is C41H53F2N. The minimum atomic E-state index is -2.53. The van der Waals surface area contributed by atoms with Gasteiger partial charge in [-0.2, -0.15) is 0 Å². The molecule has 0 aliphatic heterocycles. The highest BCUT2D eigenvalue weighted by Crippen LogP contribution is 2.46. The second kappa shape index (κ2) is 11.5. The van der Waals surface area contributed by atoms with Crippen LogP contribution in [0.25, 0.3) is 21.7 Å². The Kier molecular flexibility index (Phi) is 8.53. The summed E-state index contributed by atoms with van der Waals surface area (Å²) >= 11 is 0. The Morgan fingerprint density at radius 3 is 2.11 bits per heavy atom. The lowest BCUT2D eigenvalue weighted by atomic mass is 9.72. The summed E-state index contributed by atoms with van der Waals surface area (Å²) in [7, 11) is 0. The van der Waals surface area contributed by atoms with Gasteiger partial charge in [-0.3, -0.25) is 4.98 Å². The molecule has 44 heavy (non-hydrogen) atoms. The number of fused-ring (bicyclic) bond motifs is 2. The quantitative estimate of drug-likeness (QED) is 0.215. The first-order chi connectivity index (χ1) is 20.4. The van der Waals surface area contributed by atoms with Crippen LogP contribution in [0.2, 0.25) is 0 Å². The van der Waals surface area contributed by atoms with Gasteiger partial charge in [0, 0.05) is 23.9 Å². The summed E-state index contributed by atoms with van der Waals surface area (Å²) in [6.45, 7) is 25.1. The SMILES string of the molecule is Cc1ccc2c(C)c(C(C)(C)C)cc(C(C)(C)Cc3cccc4c(C5CCC(F)(F)CC5)cc(C(C)C(C)C)c(C)c34)c2n1. The summed E-state index contributed by atoms with van der Waals surface area (Å²) in [6.07, 6.45) is 1.93. The molecule has 0 saturated heterocycles. The van der Waals surface area contributed by atoms with Crippen LogP contribution in [0.1, 0.15) is 138 Å². The van der Waals surface area contributed by atoms with Crippen molar-refractivity contribution in [1.82, 2.24) is 4.98 Å². The second-order valence-corrected chi connectivity index (χ2v) is 15.9. The van der Waals surface area contributed by atoms with Gasteiger partial charge in [-0.05, 0) is 124 Å². The molecule has 1 aliphatic rings. The standard InChI is InChI=1S/C41H53F2N/c1-24(2)26(4)33-21-34(29-17-19-41(42,43)20-18-29)32-14-12-13-30(37(32)28(33)6)23-40(10,11)36-22-35(39(7,8)9)27(5)31-16-15-25(3)44-38(31)36/h12-16,21-22,24,26,29H,17-20,23H2,1-11H3.